The van der Waals surface area contributed by atoms with Gasteiger partial charge in [-0.15, -0.1) is 0 Å². The summed E-state index contributed by atoms with van der Waals surface area (Å²) in [5.41, 5.74) is 0.937. The van der Waals surface area contributed by atoms with Crippen LogP contribution in [-0.4, -0.2) is 27.3 Å². The van der Waals surface area contributed by atoms with Gasteiger partial charge in [-0.25, -0.2) is 13.1 Å². The van der Waals surface area contributed by atoms with Crippen molar-refractivity contribution in [2.24, 2.45) is 0 Å². The van der Waals surface area contributed by atoms with Gasteiger partial charge >= 0.3 is 0 Å². The van der Waals surface area contributed by atoms with E-state index in [0.29, 0.717) is 11.4 Å². The molecule has 28 heavy (non-hydrogen) atoms. The average molecular weight is 423 g/mol. The van der Waals surface area contributed by atoms with E-state index >= 15 is 0 Å². The molecule has 0 saturated carbocycles. The number of carbonyl (C=O) groups excluding carboxylic acids is 2. The summed E-state index contributed by atoms with van der Waals surface area (Å²) in [6, 6.07) is 11.0. The molecule has 7 nitrogen and oxygen atoms in total. The first-order valence-corrected chi connectivity index (χ1v) is 10.5. The van der Waals surface area contributed by atoms with Gasteiger partial charge in [-0.05, 0) is 42.3 Å². The van der Waals surface area contributed by atoms with E-state index in [1.807, 2.05) is 0 Å². The fourth-order valence-corrected chi connectivity index (χ4v) is 4.24. The van der Waals surface area contributed by atoms with Crippen LogP contribution < -0.4 is 14.4 Å². The Balaban J connectivity index is 1.91. The maximum atomic E-state index is 12.8. The van der Waals surface area contributed by atoms with Gasteiger partial charge in [-0.3, -0.25) is 14.5 Å². The second-order valence-corrected chi connectivity index (χ2v) is 8.43. The number of nitrogens with zero attached hydrogens (tertiary/aromatic N) is 1. The number of hydrogen-bond acceptors (Lipinski definition) is 5. The number of benzene rings is 2. The molecule has 1 saturated heterocycles. The van der Waals surface area contributed by atoms with Crippen LogP contribution in [0.1, 0.15) is 24.8 Å². The quantitative estimate of drug-likeness (QED) is 0.722. The van der Waals surface area contributed by atoms with E-state index in [-0.39, 0.29) is 47.5 Å². The SMILES string of the molecule is COc1ccc(N2C(=O)CCCC2=O)cc1S(=O)(=O)NCc1ccc(Cl)cc1. The minimum atomic E-state index is -3.96. The molecule has 1 aliphatic heterocycles. The summed E-state index contributed by atoms with van der Waals surface area (Å²) in [6.45, 7) is 0.0501. The number of amides is 2. The van der Waals surface area contributed by atoms with E-state index in [1.54, 1.807) is 24.3 Å². The number of methoxy groups -OCH3 is 1. The van der Waals surface area contributed by atoms with Crippen LogP contribution in [0.2, 0.25) is 5.02 Å². The van der Waals surface area contributed by atoms with E-state index in [0.717, 1.165) is 10.5 Å². The summed E-state index contributed by atoms with van der Waals surface area (Å²) in [7, 11) is -2.61. The molecule has 0 unspecified atom stereocenters. The molecule has 148 valence electrons. The Bertz CT molecular complexity index is 989. The highest BCUT2D eigenvalue weighted by Crippen LogP contribution is 2.31. The lowest BCUT2D eigenvalue weighted by molar-refractivity contribution is -0.129. The molecule has 0 aromatic heterocycles. The first kappa shape index (κ1) is 20.3. The first-order valence-electron chi connectivity index (χ1n) is 8.60. The van der Waals surface area contributed by atoms with Gasteiger partial charge in [-0.2, -0.15) is 0 Å². The van der Waals surface area contributed by atoms with Crippen LogP contribution in [0.4, 0.5) is 5.69 Å². The number of anilines is 1. The van der Waals surface area contributed by atoms with Gasteiger partial charge in [0.05, 0.1) is 12.8 Å². The van der Waals surface area contributed by atoms with Crippen molar-refractivity contribution < 1.29 is 22.7 Å². The van der Waals surface area contributed by atoms with Crippen molar-refractivity contribution in [1.29, 1.82) is 0 Å². The largest absolute Gasteiger partial charge is 0.495 e. The van der Waals surface area contributed by atoms with Gasteiger partial charge in [0.15, 0.2) is 0 Å². The maximum Gasteiger partial charge on any atom is 0.244 e. The van der Waals surface area contributed by atoms with E-state index in [1.165, 1.54) is 25.3 Å². The molecule has 1 N–H and O–H groups in total. The van der Waals surface area contributed by atoms with Crippen molar-refractivity contribution in [2.45, 2.75) is 30.7 Å². The van der Waals surface area contributed by atoms with E-state index < -0.39 is 10.0 Å². The molecule has 1 heterocycles. The molecule has 3 rings (SSSR count). The highest BCUT2D eigenvalue weighted by Gasteiger charge is 2.29. The van der Waals surface area contributed by atoms with Gasteiger partial charge in [0.25, 0.3) is 0 Å². The molecule has 0 atom stereocenters. The molecular weight excluding hydrogens is 404 g/mol. The van der Waals surface area contributed by atoms with Gasteiger partial charge in [0, 0.05) is 24.4 Å². The second-order valence-electron chi connectivity index (χ2n) is 6.26. The summed E-state index contributed by atoms with van der Waals surface area (Å²) in [5.74, 6) is -0.581. The Morgan fingerprint density at radius 2 is 1.71 bits per heavy atom. The Hall–Kier alpha value is -2.42. The number of piperidine rings is 1. The lowest BCUT2D eigenvalue weighted by Crippen LogP contribution is -2.40. The van der Waals surface area contributed by atoms with Gasteiger partial charge in [-0.1, -0.05) is 23.7 Å². The molecule has 2 aromatic carbocycles. The highest BCUT2D eigenvalue weighted by atomic mass is 35.5. The zero-order valence-electron chi connectivity index (χ0n) is 15.1. The van der Waals surface area contributed by atoms with Gasteiger partial charge in [0.2, 0.25) is 21.8 Å². The molecule has 2 amide bonds. The van der Waals surface area contributed by atoms with Crippen LogP contribution in [0, 0.1) is 0 Å². The molecule has 0 aliphatic carbocycles. The normalized spacial score (nSPS) is 15.0. The predicted octanol–water partition coefficient (Wildman–Crippen LogP) is 2.87. The summed E-state index contributed by atoms with van der Waals surface area (Å²) in [6.07, 6.45) is 0.988. The molecule has 2 aromatic rings. The number of sulfonamides is 1. The molecule has 9 heteroatoms. The van der Waals surface area contributed by atoms with Crippen molar-refractivity contribution in [1.82, 2.24) is 4.72 Å². The van der Waals surface area contributed by atoms with Crippen LogP contribution in [0.3, 0.4) is 0 Å². The lowest BCUT2D eigenvalue weighted by atomic mass is 10.1. The zero-order valence-corrected chi connectivity index (χ0v) is 16.7. The zero-order chi connectivity index (χ0) is 20.3. The monoisotopic (exact) mass is 422 g/mol. The third kappa shape index (κ3) is 4.35. The number of nitrogens with one attached hydrogen (secondary N) is 1. The van der Waals surface area contributed by atoms with Crippen molar-refractivity contribution in [3.8, 4) is 5.75 Å². The summed E-state index contributed by atoms with van der Waals surface area (Å²) in [5, 5.41) is 0.553. The third-order valence-corrected chi connectivity index (χ3v) is 6.03. The van der Waals surface area contributed by atoms with Gasteiger partial charge < -0.3 is 4.74 Å². The smallest absolute Gasteiger partial charge is 0.244 e. The Morgan fingerprint density at radius 1 is 1.07 bits per heavy atom. The van der Waals surface area contributed by atoms with E-state index in [4.69, 9.17) is 16.3 Å². The third-order valence-electron chi connectivity index (χ3n) is 4.35. The van der Waals surface area contributed by atoms with Crippen molar-refractivity contribution in [3.63, 3.8) is 0 Å². The topological polar surface area (TPSA) is 92.8 Å². The van der Waals surface area contributed by atoms with Crippen LogP contribution >= 0.6 is 11.6 Å². The lowest BCUT2D eigenvalue weighted by Gasteiger charge is -2.25. The number of carbonyl (C=O) groups is 2. The molecule has 1 aliphatic rings. The highest BCUT2D eigenvalue weighted by molar-refractivity contribution is 7.89. The average Bonchev–Trinajstić information content (AvgIpc) is 2.67. The molecule has 0 radical (unpaired) electrons. The summed E-state index contributed by atoms with van der Waals surface area (Å²) in [4.78, 5) is 25.2. The van der Waals surface area contributed by atoms with Gasteiger partial charge in [0.1, 0.15) is 10.6 Å². The van der Waals surface area contributed by atoms with E-state index in [9.17, 15) is 18.0 Å². The number of imide groups is 1. The Morgan fingerprint density at radius 3 is 2.32 bits per heavy atom. The number of rotatable bonds is 6. The maximum absolute atomic E-state index is 12.8. The minimum Gasteiger partial charge on any atom is -0.495 e. The summed E-state index contributed by atoms with van der Waals surface area (Å²) < 4.78 is 33.4. The van der Waals surface area contributed by atoms with Crippen molar-refractivity contribution >= 4 is 39.1 Å². The molecule has 0 bridgehead atoms. The van der Waals surface area contributed by atoms with E-state index in [2.05, 4.69) is 4.72 Å². The number of ether oxygens (including phenoxy) is 1. The first-order chi connectivity index (χ1) is 13.3. The summed E-state index contributed by atoms with van der Waals surface area (Å²) >= 11 is 5.84. The molecular formula is C19H19ClN2O5S. The van der Waals surface area contributed by atoms with Crippen LogP contribution in [0.25, 0.3) is 0 Å². The molecule has 1 fully saturated rings. The fraction of sp³-hybridized carbons (Fsp3) is 0.263. The van der Waals surface area contributed by atoms with Crippen molar-refractivity contribution in [2.75, 3.05) is 12.0 Å². The minimum absolute atomic E-state index is 0.0501. The second kappa shape index (κ2) is 8.30. The predicted molar refractivity (Wildman–Crippen MR) is 105 cm³/mol. The van der Waals surface area contributed by atoms with Crippen LogP contribution in [-0.2, 0) is 26.2 Å². The standard InChI is InChI=1S/C19H19ClN2O5S/c1-27-16-10-9-15(22-18(23)3-2-4-19(22)24)11-17(16)28(25,26)21-12-13-5-7-14(20)8-6-13/h5-11,21H,2-4,12H2,1H3. The Labute approximate surface area is 168 Å². The fourth-order valence-electron chi connectivity index (χ4n) is 2.91. The molecule has 0 spiro atoms. The Kier molecular flexibility index (Phi) is 6.02. The number of hydrogen-bond donors (Lipinski definition) is 1. The van der Waals surface area contributed by atoms with Crippen LogP contribution in [0.15, 0.2) is 47.4 Å². The van der Waals surface area contributed by atoms with Crippen LogP contribution in [0.5, 0.6) is 5.75 Å². The van der Waals surface area contributed by atoms with Crippen molar-refractivity contribution in [3.05, 3.63) is 53.1 Å². The number of halogens is 1.